The Labute approximate surface area is 125 Å². The number of hydrogen-bond acceptors (Lipinski definition) is 5. The van der Waals surface area contributed by atoms with Crippen LogP contribution < -0.4 is 4.72 Å². The van der Waals surface area contributed by atoms with Gasteiger partial charge < -0.3 is 4.98 Å². The standard InChI is InChI=1S/C11H20N4O4S2/c1-3-20(16,17)15-6-4-10(5-7-15)14-21(18,19)11-8-12-9(2)13-11/h8,10,14H,3-7H2,1-2H3,(H,12,13). The highest BCUT2D eigenvalue weighted by Crippen LogP contribution is 2.16. The summed E-state index contributed by atoms with van der Waals surface area (Å²) in [5.41, 5.74) is 0. The Bertz CT molecular complexity index is 688. The van der Waals surface area contributed by atoms with Gasteiger partial charge in [0.1, 0.15) is 5.82 Å². The second-order valence-corrected chi connectivity index (χ2v) is 8.97. The Balaban J connectivity index is 1.98. The fraction of sp³-hybridized carbons (Fsp3) is 0.727. The predicted molar refractivity (Wildman–Crippen MR) is 77.7 cm³/mol. The molecule has 2 heterocycles. The number of aromatic nitrogens is 2. The van der Waals surface area contributed by atoms with E-state index in [2.05, 4.69) is 14.7 Å². The Morgan fingerprint density at radius 1 is 1.33 bits per heavy atom. The Kier molecular flexibility index (Phi) is 4.71. The van der Waals surface area contributed by atoms with E-state index in [-0.39, 0.29) is 16.8 Å². The van der Waals surface area contributed by atoms with E-state index in [0.717, 1.165) is 0 Å². The monoisotopic (exact) mass is 336 g/mol. The Morgan fingerprint density at radius 2 is 1.95 bits per heavy atom. The number of H-pyrrole nitrogens is 1. The molecule has 0 aliphatic carbocycles. The lowest BCUT2D eigenvalue weighted by atomic mass is 10.1. The van der Waals surface area contributed by atoms with E-state index in [1.54, 1.807) is 13.8 Å². The zero-order valence-corrected chi connectivity index (χ0v) is 13.7. The molecule has 10 heteroatoms. The Hall–Kier alpha value is -0.970. The van der Waals surface area contributed by atoms with E-state index in [1.165, 1.54) is 10.5 Å². The molecule has 1 saturated heterocycles. The fourth-order valence-electron chi connectivity index (χ4n) is 2.25. The highest BCUT2D eigenvalue weighted by atomic mass is 32.2. The second kappa shape index (κ2) is 6.03. The number of aryl methyl sites for hydroxylation is 1. The Morgan fingerprint density at radius 3 is 2.43 bits per heavy atom. The molecule has 1 aromatic rings. The predicted octanol–water partition coefficient (Wildman–Crippen LogP) is -0.189. The van der Waals surface area contributed by atoms with Crippen LogP contribution in [0.25, 0.3) is 0 Å². The number of hydrogen-bond donors (Lipinski definition) is 2. The number of piperidine rings is 1. The first-order valence-corrected chi connectivity index (χ1v) is 9.85. The van der Waals surface area contributed by atoms with Gasteiger partial charge >= 0.3 is 0 Å². The lowest BCUT2D eigenvalue weighted by molar-refractivity contribution is 0.309. The smallest absolute Gasteiger partial charge is 0.257 e. The van der Waals surface area contributed by atoms with Crippen LogP contribution in [0.3, 0.4) is 0 Å². The maximum atomic E-state index is 12.1. The highest BCUT2D eigenvalue weighted by molar-refractivity contribution is 7.89. The van der Waals surface area contributed by atoms with Gasteiger partial charge in [-0.15, -0.1) is 0 Å². The van der Waals surface area contributed by atoms with E-state index >= 15 is 0 Å². The largest absolute Gasteiger partial charge is 0.332 e. The van der Waals surface area contributed by atoms with Crippen molar-refractivity contribution in [1.82, 2.24) is 19.0 Å². The molecule has 1 aromatic heterocycles. The van der Waals surface area contributed by atoms with Crippen molar-refractivity contribution in [2.45, 2.75) is 37.8 Å². The van der Waals surface area contributed by atoms with Crippen molar-refractivity contribution in [3.63, 3.8) is 0 Å². The van der Waals surface area contributed by atoms with Gasteiger partial charge in [0.15, 0.2) is 5.03 Å². The van der Waals surface area contributed by atoms with Crippen LogP contribution in [0.4, 0.5) is 0 Å². The molecule has 2 N–H and O–H groups in total. The van der Waals surface area contributed by atoms with Crippen molar-refractivity contribution < 1.29 is 16.8 Å². The minimum absolute atomic E-state index is 0.0311. The van der Waals surface area contributed by atoms with Gasteiger partial charge in [-0.25, -0.2) is 30.8 Å². The van der Waals surface area contributed by atoms with Gasteiger partial charge in [-0.05, 0) is 26.7 Å². The molecule has 0 radical (unpaired) electrons. The van der Waals surface area contributed by atoms with Crippen LogP contribution in [0.5, 0.6) is 0 Å². The van der Waals surface area contributed by atoms with Crippen molar-refractivity contribution in [3.8, 4) is 0 Å². The molecule has 1 fully saturated rings. The van der Waals surface area contributed by atoms with Crippen LogP contribution in [0.1, 0.15) is 25.6 Å². The van der Waals surface area contributed by atoms with Crippen LogP contribution >= 0.6 is 0 Å². The summed E-state index contributed by atoms with van der Waals surface area (Å²) in [6, 6.07) is -0.262. The normalized spacial score (nSPS) is 19.0. The minimum Gasteiger partial charge on any atom is -0.332 e. The molecule has 2 rings (SSSR count). The van der Waals surface area contributed by atoms with E-state index in [4.69, 9.17) is 0 Å². The van der Waals surface area contributed by atoms with Gasteiger partial charge in [-0.2, -0.15) is 0 Å². The average molecular weight is 336 g/mol. The lowest BCUT2D eigenvalue weighted by Crippen LogP contribution is -2.46. The molecular formula is C11H20N4O4S2. The van der Waals surface area contributed by atoms with Gasteiger partial charge in [0, 0.05) is 19.1 Å². The van der Waals surface area contributed by atoms with E-state index in [0.29, 0.717) is 31.8 Å². The molecule has 0 bridgehead atoms. The first-order chi connectivity index (χ1) is 9.74. The summed E-state index contributed by atoms with van der Waals surface area (Å²) in [5.74, 6) is 0.593. The molecule has 1 aliphatic rings. The van der Waals surface area contributed by atoms with Gasteiger partial charge in [-0.1, -0.05) is 0 Å². The van der Waals surface area contributed by atoms with Crippen molar-refractivity contribution in [2.75, 3.05) is 18.8 Å². The van der Waals surface area contributed by atoms with Gasteiger partial charge in [0.05, 0.1) is 11.9 Å². The van der Waals surface area contributed by atoms with Crippen LogP contribution in [-0.2, 0) is 20.0 Å². The molecular weight excluding hydrogens is 316 g/mol. The van der Waals surface area contributed by atoms with E-state index in [1.807, 2.05) is 0 Å². The molecule has 0 saturated carbocycles. The molecule has 0 spiro atoms. The van der Waals surface area contributed by atoms with Crippen molar-refractivity contribution in [3.05, 3.63) is 12.0 Å². The number of rotatable bonds is 5. The molecule has 21 heavy (non-hydrogen) atoms. The first-order valence-electron chi connectivity index (χ1n) is 6.76. The molecule has 0 unspecified atom stereocenters. The number of nitrogens with zero attached hydrogens (tertiary/aromatic N) is 2. The fourth-order valence-corrected chi connectivity index (χ4v) is 4.66. The maximum absolute atomic E-state index is 12.1. The molecule has 0 amide bonds. The summed E-state index contributed by atoms with van der Waals surface area (Å²) in [7, 11) is -6.83. The van der Waals surface area contributed by atoms with Crippen molar-refractivity contribution in [2.24, 2.45) is 0 Å². The molecule has 120 valence electrons. The number of sulfonamides is 2. The minimum atomic E-state index is -3.63. The van der Waals surface area contributed by atoms with Crippen molar-refractivity contribution in [1.29, 1.82) is 0 Å². The SMILES string of the molecule is CCS(=O)(=O)N1CCC(NS(=O)(=O)c2cnc(C)[nH]2)CC1. The average Bonchev–Trinajstić information content (AvgIpc) is 2.86. The quantitative estimate of drug-likeness (QED) is 0.774. The summed E-state index contributed by atoms with van der Waals surface area (Å²) in [6.45, 7) is 3.95. The third-order valence-corrected chi connectivity index (χ3v) is 6.81. The molecule has 0 atom stereocenters. The summed E-state index contributed by atoms with van der Waals surface area (Å²) >= 11 is 0. The molecule has 1 aliphatic heterocycles. The van der Waals surface area contributed by atoms with Crippen LogP contribution in [0, 0.1) is 6.92 Å². The van der Waals surface area contributed by atoms with E-state index < -0.39 is 20.0 Å². The van der Waals surface area contributed by atoms with E-state index in [9.17, 15) is 16.8 Å². The van der Waals surface area contributed by atoms with Crippen LogP contribution in [-0.4, -0.2) is 56.0 Å². The maximum Gasteiger partial charge on any atom is 0.257 e. The summed E-state index contributed by atoms with van der Waals surface area (Å²) in [5, 5.41) is 0.0311. The number of nitrogens with one attached hydrogen (secondary N) is 2. The third-order valence-electron chi connectivity index (χ3n) is 3.50. The zero-order chi connectivity index (χ0) is 15.7. The number of imidazole rings is 1. The van der Waals surface area contributed by atoms with Gasteiger partial charge in [-0.3, -0.25) is 0 Å². The topological polar surface area (TPSA) is 112 Å². The number of aromatic amines is 1. The second-order valence-electron chi connectivity index (χ2n) is 5.03. The first kappa shape index (κ1) is 16.4. The molecule has 8 nitrogen and oxygen atoms in total. The van der Waals surface area contributed by atoms with Gasteiger partial charge in [0.2, 0.25) is 10.0 Å². The van der Waals surface area contributed by atoms with Gasteiger partial charge in [0.25, 0.3) is 10.0 Å². The molecule has 0 aromatic carbocycles. The van der Waals surface area contributed by atoms with Crippen LogP contribution in [0.15, 0.2) is 11.2 Å². The zero-order valence-electron chi connectivity index (χ0n) is 12.0. The van der Waals surface area contributed by atoms with Crippen molar-refractivity contribution >= 4 is 20.0 Å². The highest BCUT2D eigenvalue weighted by Gasteiger charge is 2.29. The summed E-state index contributed by atoms with van der Waals surface area (Å²) < 4.78 is 51.8. The summed E-state index contributed by atoms with van der Waals surface area (Å²) in [6.07, 6.45) is 2.20. The lowest BCUT2D eigenvalue weighted by Gasteiger charge is -2.31. The summed E-state index contributed by atoms with van der Waals surface area (Å²) in [4.78, 5) is 6.55. The third kappa shape index (κ3) is 3.82. The van der Waals surface area contributed by atoms with Crippen LogP contribution in [0.2, 0.25) is 0 Å².